The van der Waals surface area contributed by atoms with Crippen LogP contribution in [0.25, 0.3) is 0 Å². The van der Waals surface area contributed by atoms with Crippen LogP contribution >= 0.6 is 22.6 Å². The largest absolute Gasteiger partial charge is 0.477 e. The molecular weight excluding hydrogens is 259 g/mol. The van der Waals surface area contributed by atoms with E-state index >= 15 is 0 Å². The topological polar surface area (TPSA) is 63.1 Å². The Hall–Kier alpha value is -0.720. The highest BCUT2D eigenvalue weighted by atomic mass is 127. The summed E-state index contributed by atoms with van der Waals surface area (Å²) in [6.45, 7) is 0. The monoisotopic (exact) mass is 264 g/mol. The Labute approximate surface area is 76.8 Å². The average molecular weight is 264 g/mol. The maximum atomic E-state index is 10.5. The Morgan fingerprint density at radius 3 is 2.91 bits per heavy atom. The van der Waals surface area contributed by atoms with Crippen molar-refractivity contribution in [3.05, 3.63) is 23.8 Å². The summed E-state index contributed by atoms with van der Waals surface area (Å²) in [6.07, 6.45) is 2.75. The first kappa shape index (κ1) is 8.38. The van der Waals surface area contributed by atoms with Gasteiger partial charge in [-0.3, -0.25) is 0 Å². The fraction of sp³-hybridized carbons (Fsp3) is 0.167. The van der Waals surface area contributed by atoms with Crippen molar-refractivity contribution in [1.29, 1.82) is 0 Å². The summed E-state index contributed by atoms with van der Waals surface area (Å²) in [5.41, 5.74) is 0.745. The van der Waals surface area contributed by atoms with Crippen LogP contribution in [0.4, 0.5) is 0 Å². The van der Waals surface area contributed by atoms with Gasteiger partial charge in [-0.15, -0.1) is 0 Å². The Morgan fingerprint density at radius 1 is 1.73 bits per heavy atom. The van der Waals surface area contributed by atoms with E-state index in [2.05, 4.69) is 32.6 Å². The van der Waals surface area contributed by atoms with Crippen LogP contribution in [-0.4, -0.2) is 21.0 Å². The number of carboxylic acid groups (broad SMARTS) is 1. The Morgan fingerprint density at radius 2 is 2.45 bits per heavy atom. The number of hydrogen-bond acceptors (Lipinski definition) is 3. The molecule has 0 saturated carbocycles. The van der Waals surface area contributed by atoms with Crippen molar-refractivity contribution in [2.24, 2.45) is 0 Å². The minimum Gasteiger partial charge on any atom is -0.477 e. The molecule has 4 nitrogen and oxygen atoms in total. The van der Waals surface area contributed by atoms with E-state index in [4.69, 9.17) is 5.11 Å². The molecule has 0 amide bonds. The van der Waals surface area contributed by atoms with E-state index in [1.807, 2.05) is 0 Å². The van der Waals surface area contributed by atoms with Crippen molar-refractivity contribution in [1.82, 2.24) is 9.97 Å². The van der Waals surface area contributed by atoms with Gasteiger partial charge in [-0.1, -0.05) is 22.6 Å². The molecular formula is C6H5IN2O2. The predicted octanol–water partition coefficient (Wildman–Crippen LogP) is 1.11. The molecule has 1 aromatic rings. The Balaban J connectivity index is 3.12. The van der Waals surface area contributed by atoms with E-state index < -0.39 is 5.97 Å². The van der Waals surface area contributed by atoms with E-state index in [0.29, 0.717) is 9.99 Å². The van der Waals surface area contributed by atoms with Gasteiger partial charge in [0.15, 0.2) is 5.69 Å². The van der Waals surface area contributed by atoms with Crippen LogP contribution in [0.15, 0.2) is 12.5 Å². The summed E-state index contributed by atoms with van der Waals surface area (Å²) >= 11 is 2.07. The van der Waals surface area contributed by atoms with Gasteiger partial charge in [0, 0.05) is 16.2 Å². The van der Waals surface area contributed by atoms with Crippen molar-refractivity contribution in [2.75, 3.05) is 0 Å². The minimum atomic E-state index is -1.00. The first-order valence-corrected chi connectivity index (χ1v) is 4.36. The van der Waals surface area contributed by atoms with Gasteiger partial charge < -0.3 is 5.11 Å². The van der Waals surface area contributed by atoms with Gasteiger partial charge in [-0.2, -0.15) is 0 Å². The minimum absolute atomic E-state index is 0.0920. The van der Waals surface area contributed by atoms with Crippen molar-refractivity contribution in [3.8, 4) is 0 Å². The third-order valence-electron chi connectivity index (χ3n) is 1.13. The molecule has 0 aliphatic carbocycles. The highest BCUT2D eigenvalue weighted by Gasteiger charge is 2.09. The molecule has 1 rings (SSSR count). The molecule has 1 aromatic heterocycles. The summed E-state index contributed by atoms with van der Waals surface area (Å²) in [5.74, 6) is -1.00. The van der Waals surface area contributed by atoms with Crippen LogP contribution in [0.5, 0.6) is 0 Å². The fourth-order valence-corrected chi connectivity index (χ4v) is 1.21. The number of carbonyl (C=O) groups is 1. The zero-order chi connectivity index (χ0) is 8.27. The molecule has 0 fully saturated rings. The molecule has 58 valence electrons. The van der Waals surface area contributed by atoms with Gasteiger partial charge >= 0.3 is 5.97 Å². The second-order valence-corrected chi connectivity index (χ2v) is 2.60. The highest BCUT2D eigenvalue weighted by Crippen LogP contribution is 2.07. The maximum absolute atomic E-state index is 10.5. The molecule has 0 unspecified atom stereocenters. The number of rotatable bonds is 2. The molecule has 0 aliphatic rings. The molecule has 1 heterocycles. The number of halogens is 1. The molecule has 5 heteroatoms. The number of hydrogen-bond donors (Lipinski definition) is 1. The van der Waals surface area contributed by atoms with E-state index in [9.17, 15) is 4.79 Å². The standard InChI is InChI=1S/C6H5IN2O2/c7-1-4-2-8-3-9-5(4)6(10)11/h2-3H,1H2,(H,10,11). The Kier molecular flexibility index (Phi) is 2.75. The second-order valence-electron chi connectivity index (χ2n) is 1.84. The third kappa shape index (κ3) is 1.86. The number of aromatic carboxylic acids is 1. The third-order valence-corrected chi connectivity index (χ3v) is 1.96. The molecule has 0 atom stereocenters. The van der Waals surface area contributed by atoms with Crippen LogP contribution < -0.4 is 0 Å². The van der Waals surface area contributed by atoms with Crippen LogP contribution in [-0.2, 0) is 4.43 Å². The highest BCUT2D eigenvalue weighted by molar-refractivity contribution is 14.1. The summed E-state index contributed by atoms with van der Waals surface area (Å²) in [5, 5.41) is 8.60. The number of aromatic nitrogens is 2. The first-order valence-electron chi connectivity index (χ1n) is 2.84. The van der Waals surface area contributed by atoms with Crippen molar-refractivity contribution in [3.63, 3.8) is 0 Å². The number of nitrogens with zero attached hydrogens (tertiary/aromatic N) is 2. The number of carboxylic acids is 1. The first-order chi connectivity index (χ1) is 5.25. The predicted molar refractivity (Wildman–Crippen MR) is 46.7 cm³/mol. The van der Waals surface area contributed by atoms with Crippen LogP contribution in [0.3, 0.4) is 0 Å². The lowest BCUT2D eigenvalue weighted by atomic mass is 10.2. The molecule has 1 N–H and O–H groups in total. The smallest absolute Gasteiger partial charge is 0.354 e. The maximum Gasteiger partial charge on any atom is 0.354 e. The Bertz CT molecular complexity index is 277. The van der Waals surface area contributed by atoms with Crippen molar-refractivity contribution >= 4 is 28.6 Å². The van der Waals surface area contributed by atoms with Gasteiger partial charge in [0.25, 0.3) is 0 Å². The van der Waals surface area contributed by atoms with Gasteiger partial charge in [0.05, 0.1) is 0 Å². The zero-order valence-corrected chi connectivity index (χ0v) is 7.65. The second kappa shape index (κ2) is 3.61. The van der Waals surface area contributed by atoms with Crippen molar-refractivity contribution < 1.29 is 9.90 Å². The van der Waals surface area contributed by atoms with Gasteiger partial charge in [-0.05, 0) is 0 Å². The zero-order valence-electron chi connectivity index (χ0n) is 5.49. The lowest BCUT2D eigenvalue weighted by Gasteiger charge is -1.97. The quantitative estimate of drug-likeness (QED) is 0.642. The number of alkyl halides is 1. The molecule has 0 spiro atoms. The van der Waals surface area contributed by atoms with E-state index in [1.54, 1.807) is 0 Å². The van der Waals surface area contributed by atoms with Crippen molar-refractivity contribution in [2.45, 2.75) is 4.43 Å². The van der Waals surface area contributed by atoms with E-state index in [1.165, 1.54) is 12.5 Å². The van der Waals surface area contributed by atoms with Crippen LogP contribution in [0, 0.1) is 0 Å². The van der Waals surface area contributed by atoms with E-state index in [0.717, 1.165) is 0 Å². The summed E-state index contributed by atoms with van der Waals surface area (Å²) in [6, 6.07) is 0. The molecule has 11 heavy (non-hydrogen) atoms. The van der Waals surface area contributed by atoms with E-state index in [-0.39, 0.29) is 5.69 Å². The summed E-state index contributed by atoms with van der Waals surface area (Å²) < 4.78 is 0.611. The van der Waals surface area contributed by atoms with Gasteiger partial charge in [0.2, 0.25) is 0 Å². The SMILES string of the molecule is O=C(O)c1ncncc1CI. The fourth-order valence-electron chi connectivity index (χ4n) is 0.649. The normalized spacial score (nSPS) is 9.55. The lowest BCUT2D eigenvalue weighted by molar-refractivity contribution is 0.0689. The van der Waals surface area contributed by atoms with Gasteiger partial charge in [0.1, 0.15) is 6.33 Å². The molecule has 0 bridgehead atoms. The molecule has 0 aromatic carbocycles. The van der Waals surface area contributed by atoms with Crippen LogP contribution in [0.1, 0.15) is 16.1 Å². The molecule has 0 aliphatic heterocycles. The molecule has 0 radical (unpaired) electrons. The van der Waals surface area contributed by atoms with Crippen LogP contribution in [0.2, 0.25) is 0 Å². The lowest BCUT2D eigenvalue weighted by Crippen LogP contribution is -2.04. The summed E-state index contributed by atoms with van der Waals surface area (Å²) in [4.78, 5) is 17.8. The van der Waals surface area contributed by atoms with Gasteiger partial charge in [-0.25, -0.2) is 14.8 Å². The average Bonchev–Trinajstić information content (AvgIpc) is 2.04. The molecule has 0 saturated heterocycles. The summed E-state index contributed by atoms with van der Waals surface area (Å²) in [7, 11) is 0.